The van der Waals surface area contributed by atoms with Gasteiger partial charge >= 0.3 is 0 Å². The molecule has 0 aromatic heterocycles. The first-order chi connectivity index (χ1) is 12.6. The molecule has 0 amide bonds. The van der Waals surface area contributed by atoms with Gasteiger partial charge in [-0.3, -0.25) is 4.99 Å². The molecule has 0 bridgehead atoms. The maximum absolute atomic E-state index is 6.07. The van der Waals surface area contributed by atoms with Gasteiger partial charge in [0, 0.05) is 25.2 Å². The van der Waals surface area contributed by atoms with Crippen LogP contribution in [0, 0.1) is 0 Å². The second-order valence-corrected chi connectivity index (χ2v) is 6.65. The van der Waals surface area contributed by atoms with Crippen LogP contribution in [-0.4, -0.2) is 49.7 Å². The smallest absolute Gasteiger partial charge is 0.193 e. The molecule has 1 saturated heterocycles. The molecule has 1 aromatic rings. The number of benzene rings is 1. The highest BCUT2D eigenvalue weighted by Crippen LogP contribution is 2.29. The molecule has 0 saturated carbocycles. The highest BCUT2D eigenvalue weighted by Gasteiger charge is 2.17. The van der Waals surface area contributed by atoms with Gasteiger partial charge in [-0.15, -0.1) is 24.0 Å². The fourth-order valence-corrected chi connectivity index (χ4v) is 3.29. The van der Waals surface area contributed by atoms with Crippen molar-refractivity contribution >= 4 is 35.6 Å². The van der Waals surface area contributed by atoms with Gasteiger partial charge in [0.1, 0.15) is 11.5 Å². The number of likely N-dealkylation sites (tertiary alicyclic amines) is 1. The molecule has 1 aromatic carbocycles. The number of nitrogens with two attached hydrogens (primary N) is 1. The highest BCUT2D eigenvalue weighted by atomic mass is 127. The number of guanidine groups is 1. The number of piperidine rings is 1. The lowest BCUT2D eigenvalue weighted by atomic mass is 10.0. The summed E-state index contributed by atoms with van der Waals surface area (Å²) in [4.78, 5) is 7.02. The SMILES string of the molecule is CCOc1ccc(OCC)c(NC(N)=NCCCN2CCCCC2C)c1.I. The van der Waals surface area contributed by atoms with E-state index in [2.05, 4.69) is 22.1 Å². The van der Waals surface area contributed by atoms with Gasteiger partial charge in [0.15, 0.2) is 5.96 Å². The summed E-state index contributed by atoms with van der Waals surface area (Å²) in [5, 5.41) is 3.15. The van der Waals surface area contributed by atoms with Crippen LogP contribution in [0.2, 0.25) is 0 Å². The predicted molar refractivity (Wildman–Crippen MR) is 124 cm³/mol. The van der Waals surface area contributed by atoms with E-state index in [1.54, 1.807) is 0 Å². The van der Waals surface area contributed by atoms with E-state index in [4.69, 9.17) is 15.2 Å². The van der Waals surface area contributed by atoms with Crippen molar-refractivity contribution in [3.8, 4) is 11.5 Å². The maximum Gasteiger partial charge on any atom is 0.193 e. The average molecular weight is 490 g/mol. The first kappa shape index (κ1) is 23.8. The first-order valence-electron chi connectivity index (χ1n) is 9.84. The van der Waals surface area contributed by atoms with Crippen LogP contribution in [0.1, 0.15) is 46.5 Å². The summed E-state index contributed by atoms with van der Waals surface area (Å²) in [7, 11) is 0. The van der Waals surface area contributed by atoms with E-state index in [9.17, 15) is 0 Å². The number of halogens is 1. The lowest BCUT2D eigenvalue weighted by Gasteiger charge is -2.33. The molecule has 2 rings (SSSR count). The average Bonchev–Trinajstić information content (AvgIpc) is 2.63. The number of nitrogens with zero attached hydrogens (tertiary/aromatic N) is 2. The minimum Gasteiger partial charge on any atom is -0.494 e. The summed E-state index contributed by atoms with van der Waals surface area (Å²) in [6.45, 7) is 10.5. The molecule has 1 unspecified atom stereocenters. The molecule has 0 radical (unpaired) electrons. The van der Waals surface area contributed by atoms with Crippen molar-refractivity contribution < 1.29 is 9.47 Å². The van der Waals surface area contributed by atoms with Crippen LogP contribution in [0.15, 0.2) is 23.2 Å². The molecule has 1 aliphatic rings. The molecule has 1 heterocycles. The second-order valence-electron chi connectivity index (χ2n) is 6.65. The van der Waals surface area contributed by atoms with Crippen LogP contribution in [0.5, 0.6) is 11.5 Å². The fourth-order valence-electron chi connectivity index (χ4n) is 3.29. The molecule has 1 aliphatic heterocycles. The number of nitrogens with one attached hydrogen (secondary N) is 1. The Kier molecular flexibility index (Phi) is 11.5. The van der Waals surface area contributed by atoms with Gasteiger partial charge in [-0.1, -0.05) is 6.42 Å². The summed E-state index contributed by atoms with van der Waals surface area (Å²) >= 11 is 0. The van der Waals surface area contributed by atoms with E-state index in [0.717, 1.165) is 36.7 Å². The van der Waals surface area contributed by atoms with Crippen LogP contribution in [0.25, 0.3) is 0 Å². The van der Waals surface area contributed by atoms with E-state index in [0.29, 0.717) is 25.2 Å². The molecule has 0 spiro atoms. The Labute approximate surface area is 180 Å². The van der Waals surface area contributed by atoms with E-state index in [1.807, 2.05) is 32.0 Å². The Bertz CT molecular complexity index is 583. The molecule has 1 atom stereocenters. The molecule has 0 aliphatic carbocycles. The van der Waals surface area contributed by atoms with E-state index < -0.39 is 0 Å². The summed E-state index contributed by atoms with van der Waals surface area (Å²) in [5.74, 6) is 1.94. The predicted octanol–water partition coefficient (Wildman–Crippen LogP) is 4.09. The third-order valence-corrected chi connectivity index (χ3v) is 4.65. The van der Waals surface area contributed by atoms with Crippen molar-refractivity contribution in [3.05, 3.63) is 18.2 Å². The van der Waals surface area contributed by atoms with E-state index in [-0.39, 0.29) is 24.0 Å². The van der Waals surface area contributed by atoms with Gasteiger partial charge in [-0.2, -0.15) is 0 Å². The summed E-state index contributed by atoms with van der Waals surface area (Å²) < 4.78 is 11.2. The molecular formula is C20H35IN4O2. The Morgan fingerprint density at radius 2 is 2.04 bits per heavy atom. The summed E-state index contributed by atoms with van der Waals surface area (Å²) in [6, 6.07) is 6.37. The standard InChI is InChI=1S/C20H34N4O2.HI/c1-4-25-17-10-11-19(26-5-2)18(15-17)23-20(21)22-12-8-14-24-13-7-6-9-16(24)3;/h10-11,15-16H,4-9,12-14H2,1-3H3,(H3,21,22,23);1H. The zero-order valence-electron chi connectivity index (χ0n) is 16.9. The number of hydrogen-bond donors (Lipinski definition) is 2. The zero-order chi connectivity index (χ0) is 18.8. The van der Waals surface area contributed by atoms with Gasteiger partial charge in [0.05, 0.1) is 18.9 Å². The third-order valence-electron chi connectivity index (χ3n) is 4.65. The van der Waals surface area contributed by atoms with Crippen molar-refractivity contribution in [2.75, 3.05) is 38.2 Å². The molecule has 7 heteroatoms. The Balaban J connectivity index is 0.00000364. The van der Waals surface area contributed by atoms with Crippen LogP contribution < -0.4 is 20.5 Å². The van der Waals surface area contributed by atoms with Gasteiger partial charge in [0.25, 0.3) is 0 Å². The van der Waals surface area contributed by atoms with Gasteiger partial charge < -0.3 is 25.4 Å². The van der Waals surface area contributed by atoms with Crippen molar-refractivity contribution in [2.24, 2.45) is 10.7 Å². The van der Waals surface area contributed by atoms with Crippen LogP contribution in [-0.2, 0) is 0 Å². The molecule has 154 valence electrons. The molecule has 6 nitrogen and oxygen atoms in total. The monoisotopic (exact) mass is 490 g/mol. The lowest BCUT2D eigenvalue weighted by Crippen LogP contribution is -2.38. The Morgan fingerprint density at radius 1 is 1.26 bits per heavy atom. The number of hydrogen-bond acceptors (Lipinski definition) is 4. The number of rotatable bonds is 9. The van der Waals surface area contributed by atoms with Crippen molar-refractivity contribution in [1.82, 2.24) is 4.90 Å². The number of ether oxygens (including phenoxy) is 2. The largest absolute Gasteiger partial charge is 0.494 e. The van der Waals surface area contributed by atoms with E-state index in [1.165, 1.54) is 25.8 Å². The Hall–Kier alpha value is -1.22. The third kappa shape index (κ3) is 8.13. The highest BCUT2D eigenvalue weighted by molar-refractivity contribution is 14.0. The fraction of sp³-hybridized carbons (Fsp3) is 0.650. The summed E-state index contributed by atoms with van der Waals surface area (Å²) in [5.41, 5.74) is 6.85. The zero-order valence-corrected chi connectivity index (χ0v) is 19.2. The van der Waals surface area contributed by atoms with E-state index >= 15 is 0 Å². The second kappa shape index (κ2) is 13.0. The van der Waals surface area contributed by atoms with Gasteiger partial charge in [0.2, 0.25) is 0 Å². The minimum atomic E-state index is 0. The lowest BCUT2D eigenvalue weighted by molar-refractivity contribution is 0.160. The molecule has 27 heavy (non-hydrogen) atoms. The van der Waals surface area contributed by atoms with Crippen molar-refractivity contribution in [1.29, 1.82) is 0 Å². The topological polar surface area (TPSA) is 72.1 Å². The number of anilines is 1. The van der Waals surface area contributed by atoms with Gasteiger partial charge in [-0.25, -0.2) is 0 Å². The van der Waals surface area contributed by atoms with Crippen molar-refractivity contribution in [2.45, 2.75) is 52.5 Å². The summed E-state index contributed by atoms with van der Waals surface area (Å²) in [6.07, 6.45) is 5.00. The normalized spacial score (nSPS) is 17.9. The first-order valence-corrected chi connectivity index (χ1v) is 9.84. The van der Waals surface area contributed by atoms with Crippen LogP contribution >= 0.6 is 24.0 Å². The minimum absolute atomic E-state index is 0. The molecular weight excluding hydrogens is 455 g/mol. The Morgan fingerprint density at radius 3 is 2.74 bits per heavy atom. The molecule has 3 N–H and O–H groups in total. The number of aliphatic imine (C=N–C) groups is 1. The molecule has 1 fully saturated rings. The van der Waals surface area contributed by atoms with Gasteiger partial charge in [-0.05, 0) is 58.7 Å². The maximum atomic E-state index is 6.07. The van der Waals surface area contributed by atoms with Crippen LogP contribution in [0.3, 0.4) is 0 Å². The van der Waals surface area contributed by atoms with Crippen molar-refractivity contribution in [3.63, 3.8) is 0 Å². The quantitative estimate of drug-likeness (QED) is 0.236. The van der Waals surface area contributed by atoms with Crippen LogP contribution in [0.4, 0.5) is 5.69 Å².